The Bertz CT molecular complexity index is 210. The smallest absolute Gasteiger partial charge is 0.246 e. The number of hydrogen-bond acceptors (Lipinski definition) is 3. The summed E-state index contributed by atoms with van der Waals surface area (Å²) in [5, 5.41) is 2.84. The van der Waals surface area contributed by atoms with E-state index in [1.165, 1.54) is 19.5 Å². The highest BCUT2D eigenvalue weighted by Gasteiger charge is 2.26. The van der Waals surface area contributed by atoms with E-state index in [-0.39, 0.29) is 18.6 Å². The SMILES string of the molecule is CN1CCC(CC2CNC(=O)CO2)C1. The molecular formula is C10H18N2O2. The molecule has 2 atom stereocenters. The number of nitrogens with zero attached hydrogens (tertiary/aromatic N) is 1. The summed E-state index contributed by atoms with van der Waals surface area (Å²) < 4.78 is 5.46. The molecule has 0 saturated carbocycles. The van der Waals surface area contributed by atoms with Crippen LogP contribution in [0.15, 0.2) is 0 Å². The average Bonchev–Trinajstić information content (AvgIpc) is 2.56. The fourth-order valence-corrected chi connectivity index (χ4v) is 2.27. The normalized spacial score (nSPS) is 34.5. The van der Waals surface area contributed by atoms with Gasteiger partial charge in [0.05, 0.1) is 6.10 Å². The first-order valence-corrected chi connectivity index (χ1v) is 5.31. The molecule has 0 aliphatic carbocycles. The van der Waals surface area contributed by atoms with Crippen molar-refractivity contribution in [2.24, 2.45) is 5.92 Å². The predicted octanol–water partition coefficient (Wildman–Crippen LogP) is -0.157. The molecule has 0 aromatic rings. The summed E-state index contributed by atoms with van der Waals surface area (Å²) in [6.07, 6.45) is 2.60. The zero-order valence-corrected chi connectivity index (χ0v) is 8.66. The van der Waals surface area contributed by atoms with Gasteiger partial charge in [-0.3, -0.25) is 4.79 Å². The Balaban J connectivity index is 1.72. The first-order valence-electron chi connectivity index (χ1n) is 5.31. The van der Waals surface area contributed by atoms with Crippen molar-refractivity contribution in [1.29, 1.82) is 0 Å². The van der Waals surface area contributed by atoms with Crippen molar-refractivity contribution < 1.29 is 9.53 Å². The molecule has 0 aromatic heterocycles. The summed E-state index contributed by atoms with van der Waals surface area (Å²) in [4.78, 5) is 13.2. The standard InChI is InChI=1S/C10H18N2O2/c1-12-3-2-8(6-12)4-9-5-11-10(13)7-14-9/h8-9H,2-7H2,1H3,(H,11,13). The zero-order chi connectivity index (χ0) is 9.97. The number of carbonyl (C=O) groups is 1. The number of amides is 1. The Hall–Kier alpha value is -0.610. The van der Waals surface area contributed by atoms with Gasteiger partial charge in [-0.1, -0.05) is 0 Å². The maximum absolute atomic E-state index is 10.9. The average molecular weight is 198 g/mol. The minimum Gasteiger partial charge on any atom is -0.367 e. The number of nitrogens with one attached hydrogen (secondary N) is 1. The number of hydrogen-bond donors (Lipinski definition) is 1. The lowest BCUT2D eigenvalue weighted by Crippen LogP contribution is -2.43. The van der Waals surface area contributed by atoms with Crippen molar-refractivity contribution in [3.63, 3.8) is 0 Å². The van der Waals surface area contributed by atoms with Crippen molar-refractivity contribution in [3.05, 3.63) is 0 Å². The molecule has 2 rings (SSSR count). The second-order valence-corrected chi connectivity index (χ2v) is 4.39. The van der Waals surface area contributed by atoms with Crippen molar-refractivity contribution >= 4 is 5.91 Å². The zero-order valence-electron chi connectivity index (χ0n) is 8.66. The van der Waals surface area contributed by atoms with Crippen LogP contribution in [0, 0.1) is 5.92 Å². The second-order valence-electron chi connectivity index (χ2n) is 4.39. The van der Waals surface area contributed by atoms with Crippen molar-refractivity contribution in [3.8, 4) is 0 Å². The molecule has 1 amide bonds. The van der Waals surface area contributed by atoms with Crippen LogP contribution in [0.3, 0.4) is 0 Å². The first-order chi connectivity index (χ1) is 6.74. The molecule has 2 heterocycles. The van der Waals surface area contributed by atoms with Crippen LogP contribution in [-0.2, 0) is 9.53 Å². The number of carbonyl (C=O) groups excluding carboxylic acids is 1. The van der Waals surface area contributed by atoms with Gasteiger partial charge in [0.1, 0.15) is 6.61 Å². The summed E-state index contributed by atoms with van der Waals surface area (Å²) in [5.41, 5.74) is 0. The van der Waals surface area contributed by atoms with Gasteiger partial charge in [-0.25, -0.2) is 0 Å². The predicted molar refractivity (Wildman–Crippen MR) is 53.0 cm³/mol. The molecule has 80 valence electrons. The molecule has 1 N–H and O–H groups in total. The largest absolute Gasteiger partial charge is 0.367 e. The lowest BCUT2D eigenvalue weighted by atomic mass is 10.0. The van der Waals surface area contributed by atoms with E-state index in [1.54, 1.807) is 0 Å². The molecule has 2 aliphatic rings. The number of likely N-dealkylation sites (tertiary alicyclic amines) is 1. The van der Waals surface area contributed by atoms with Crippen LogP contribution in [0.5, 0.6) is 0 Å². The Labute approximate surface area is 84.6 Å². The van der Waals surface area contributed by atoms with Gasteiger partial charge < -0.3 is 15.0 Å². The highest BCUT2D eigenvalue weighted by molar-refractivity contribution is 5.77. The maximum atomic E-state index is 10.9. The van der Waals surface area contributed by atoms with Gasteiger partial charge in [-0.15, -0.1) is 0 Å². The number of ether oxygens (including phenoxy) is 1. The van der Waals surface area contributed by atoms with Crippen LogP contribution >= 0.6 is 0 Å². The molecule has 4 heteroatoms. The Morgan fingerprint density at radius 1 is 1.64 bits per heavy atom. The van der Waals surface area contributed by atoms with Gasteiger partial charge in [0.15, 0.2) is 0 Å². The van der Waals surface area contributed by atoms with Gasteiger partial charge in [0.2, 0.25) is 5.91 Å². The highest BCUT2D eigenvalue weighted by atomic mass is 16.5. The molecule has 2 unspecified atom stereocenters. The Kier molecular flexibility index (Phi) is 3.03. The van der Waals surface area contributed by atoms with E-state index in [9.17, 15) is 4.79 Å². The van der Waals surface area contributed by atoms with E-state index in [0.717, 1.165) is 12.3 Å². The van der Waals surface area contributed by atoms with E-state index < -0.39 is 0 Å². The lowest BCUT2D eigenvalue weighted by molar-refractivity contribution is -0.133. The molecule has 0 bridgehead atoms. The van der Waals surface area contributed by atoms with Crippen LogP contribution < -0.4 is 5.32 Å². The van der Waals surface area contributed by atoms with E-state index in [4.69, 9.17) is 4.74 Å². The maximum Gasteiger partial charge on any atom is 0.246 e. The first kappa shape index (κ1) is 9.93. The second kappa shape index (κ2) is 4.28. The minimum atomic E-state index is 0.0183. The lowest BCUT2D eigenvalue weighted by Gasteiger charge is -2.25. The van der Waals surface area contributed by atoms with Crippen LogP contribution in [-0.4, -0.2) is 50.2 Å². The molecule has 14 heavy (non-hydrogen) atoms. The molecule has 0 aromatic carbocycles. The van der Waals surface area contributed by atoms with Gasteiger partial charge >= 0.3 is 0 Å². The number of morpholine rings is 1. The third kappa shape index (κ3) is 2.45. The summed E-state index contributed by atoms with van der Waals surface area (Å²) in [6.45, 7) is 3.31. The molecule has 0 radical (unpaired) electrons. The van der Waals surface area contributed by atoms with Crippen LogP contribution in [0.1, 0.15) is 12.8 Å². The van der Waals surface area contributed by atoms with Gasteiger partial charge in [-0.2, -0.15) is 0 Å². The third-order valence-electron chi connectivity index (χ3n) is 3.06. The summed E-state index contributed by atoms with van der Waals surface area (Å²) in [6, 6.07) is 0. The van der Waals surface area contributed by atoms with Crippen molar-refractivity contribution in [2.75, 3.05) is 33.3 Å². The minimum absolute atomic E-state index is 0.0183. The van der Waals surface area contributed by atoms with E-state index in [1.807, 2.05) is 0 Å². The topological polar surface area (TPSA) is 41.6 Å². The summed E-state index contributed by atoms with van der Waals surface area (Å²) in [5.74, 6) is 0.768. The van der Waals surface area contributed by atoms with E-state index in [2.05, 4.69) is 17.3 Å². The Morgan fingerprint density at radius 2 is 2.50 bits per heavy atom. The van der Waals surface area contributed by atoms with Crippen molar-refractivity contribution in [1.82, 2.24) is 10.2 Å². The van der Waals surface area contributed by atoms with Gasteiger partial charge in [-0.05, 0) is 32.4 Å². The third-order valence-corrected chi connectivity index (χ3v) is 3.06. The molecule has 2 saturated heterocycles. The van der Waals surface area contributed by atoms with Crippen LogP contribution in [0.25, 0.3) is 0 Å². The molecule has 4 nitrogen and oxygen atoms in total. The molecule has 2 aliphatic heterocycles. The van der Waals surface area contributed by atoms with Gasteiger partial charge in [0, 0.05) is 13.1 Å². The molecule has 0 spiro atoms. The fraction of sp³-hybridized carbons (Fsp3) is 0.900. The summed E-state index contributed by atoms with van der Waals surface area (Å²) >= 11 is 0. The number of rotatable bonds is 2. The fourth-order valence-electron chi connectivity index (χ4n) is 2.27. The molecule has 2 fully saturated rings. The van der Waals surface area contributed by atoms with Crippen LogP contribution in [0.4, 0.5) is 0 Å². The monoisotopic (exact) mass is 198 g/mol. The quantitative estimate of drug-likeness (QED) is 0.670. The summed E-state index contributed by atoms with van der Waals surface area (Å²) in [7, 11) is 2.16. The Morgan fingerprint density at radius 3 is 3.07 bits per heavy atom. The molecular weight excluding hydrogens is 180 g/mol. The van der Waals surface area contributed by atoms with Crippen LogP contribution in [0.2, 0.25) is 0 Å². The van der Waals surface area contributed by atoms with E-state index >= 15 is 0 Å². The van der Waals surface area contributed by atoms with Crippen molar-refractivity contribution in [2.45, 2.75) is 18.9 Å². The van der Waals surface area contributed by atoms with E-state index in [0.29, 0.717) is 6.54 Å². The van der Waals surface area contributed by atoms with Gasteiger partial charge in [0.25, 0.3) is 0 Å². The highest BCUT2D eigenvalue weighted by Crippen LogP contribution is 2.21.